The molecule has 11 heteroatoms. The Morgan fingerprint density at radius 1 is 0.729 bits per heavy atom. The zero-order chi connectivity index (χ0) is 41.0. The summed E-state index contributed by atoms with van der Waals surface area (Å²) < 4.78 is 11.8. The van der Waals surface area contributed by atoms with Gasteiger partial charge in [0.2, 0.25) is 5.91 Å². The Morgan fingerprint density at radius 2 is 1.41 bits per heavy atom. The van der Waals surface area contributed by atoms with Crippen molar-refractivity contribution >= 4 is 47.0 Å². The topological polar surface area (TPSA) is 74.3 Å². The number of halogens is 2. The molecule has 2 fully saturated rings. The molecule has 0 bridgehead atoms. The number of carbonyl (C=O) groups is 2. The molecule has 2 saturated heterocycles. The molecule has 5 aromatic carbocycles. The second-order valence-electron chi connectivity index (χ2n) is 15.2. The van der Waals surface area contributed by atoms with Crippen molar-refractivity contribution in [2.24, 2.45) is 5.92 Å². The highest BCUT2D eigenvalue weighted by atomic mass is 35.5. The van der Waals surface area contributed by atoms with E-state index in [-0.39, 0.29) is 18.4 Å². The smallest absolute Gasteiger partial charge is 0.408 e. The van der Waals surface area contributed by atoms with E-state index >= 15 is 0 Å². The number of carbonyl (C=O) groups excluding carboxylic acids is 2. The zero-order valence-electron chi connectivity index (χ0n) is 33.5. The molecule has 0 spiro atoms. The number of piperazine rings is 1. The highest BCUT2D eigenvalue weighted by Crippen LogP contribution is 2.36. The number of ether oxygens (including phenoxy) is 2. The van der Waals surface area contributed by atoms with Gasteiger partial charge in [-0.15, -0.1) is 11.8 Å². The fourth-order valence-corrected chi connectivity index (χ4v) is 9.06. The molecule has 308 valence electrons. The van der Waals surface area contributed by atoms with Gasteiger partial charge in [-0.3, -0.25) is 9.69 Å². The molecule has 0 unspecified atom stereocenters. The van der Waals surface area contributed by atoms with Crippen LogP contribution < -0.4 is 10.1 Å². The van der Waals surface area contributed by atoms with Crippen LogP contribution in [0.3, 0.4) is 0 Å². The van der Waals surface area contributed by atoms with Crippen molar-refractivity contribution in [2.45, 2.75) is 50.0 Å². The summed E-state index contributed by atoms with van der Waals surface area (Å²) in [7, 11) is 0. The van der Waals surface area contributed by atoms with E-state index in [2.05, 4.69) is 45.6 Å². The Labute approximate surface area is 362 Å². The molecule has 2 aliphatic rings. The molecule has 59 heavy (non-hydrogen) atoms. The van der Waals surface area contributed by atoms with Crippen LogP contribution in [0.2, 0.25) is 10.0 Å². The largest absolute Gasteiger partial charge is 0.489 e. The van der Waals surface area contributed by atoms with E-state index in [9.17, 15) is 9.59 Å². The first-order chi connectivity index (χ1) is 28.8. The second kappa shape index (κ2) is 21.1. The molecule has 5 aromatic rings. The van der Waals surface area contributed by atoms with Crippen LogP contribution in [-0.2, 0) is 35.7 Å². The van der Waals surface area contributed by atoms with Crippen LogP contribution in [0, 0.1) is 5.92 Å². The van der Waals surface area contributed by atoms with E-state index in [1.807, 2.05) is 102 Å². The highest BCUT2D eigenvalue weighted by molar-refractivity contribution is 7.98. The van der Waals surface area contributed by atoms with E-state index in [0.717, 1.165) is 92.1 Å². The van der Waals surface area contributed by atoms with E-state index < -0.39 is 12.1 Å². The molecule has 8 nitrogen and oxygen atoms in total. The van der Waals surface area contributed by atoms with Crippen LogP contribution in [0.25, 0.3) is 11.1 Å². The Bertz CT molecular complexity index is 2140. The lowest BCUT2D eigenvalue weighted by atomic mass is 9.88. The third kappa shape index (κ3) is 11.8. The van der Waals surface area contributed by atoms with Crippen molar-refractivity contribution in [3.8, 4) is 16.9 Å². The third-order valence-corrected chi connectivity index (χ3v) is 12.8. The van der Waals surface area contributed by atoms with Gasteiger partial charge in [-0.05, 0) is 109 Å². The molecular formula is C48H52Cl2N4O4S. The van der Waals surface area contributed by atoms with Gasteiger partial charge < -0.3 is 24.6 Å². The normalized spacial score (nSPS) is 15.7. The van der Waals surface area contributed by atoms with Gasteiger partial charge in [0.1, 0.15) is 25.0 Å². The summed E-state index contributed by atoms with van der Waals surface area (Å²) in [5, 5.41) is 4.35. The number of amides is 2. The van der Waals surface area contributed by atoms with E-state index in [4.69, 9.17) is 32.7 Å². The maximum atomic E-state index is 14.3. The van der Waals surface area contributed by atoms with Gasteiger partial charge in [0.15, 0.2) is 0 Å². The number of rotatable bonds is 15. The van der Waals surface area contributed by atoms with Crippen LogP contribution in [-0.4, -0.2) is 84.8 Å². The van der Waals surface area contributed by atoms with Gasteiger partial charge >= 0.3 is 6.09 Å². The molecule has 1 atom stereocenters. The minimum Gasteiger partial charge on any atom is -0.489 e. The first-order valence-electron chi connectivity index (χ1n) is 20.4. The van der Waals surface area contributed by atoms with E-state index in [1.54, 1.807) is 11.8 Å². The van der Waals surface area contributed by atoms with Crippen LogP contribution >= 0.6 is 35.0 Å². The predicted molar refractivity (Wildman–Crippen MR) is 239 cm³/mol. The number of hydrogen-bond acceptors (Lipinski definition) is 7. The molecule has 0 radical (unpaired) electrons. The van der Waals surface area contributed by atoms with Gasteiger partial charge in [-0.2, -0.15) is 0 Å². The number of piperidine rings is 1. The summed E-state index contributed by atoms with van der Waals surface area (Å²) in [6, 6.07) is 39.3. The van der Waals surface area contributed by atoms with Crippen LogP contribution in [0.15, 0.2) is 126 Å². The number of thioether (sulfide) groups is 1. The summed E-state index contributed by atoms with van der Waals surface area (Å²) in [5.41, 5.74) is 6.33. The molecule has 2 heterocycles. The minimum atomic E-state index is -0.665. The molecule has 2 amide bonds. The molecular weight excluding hydrogens is 800 g/mol. The number of nitrogens with zero attached hydrogens (tertiary/aromatic N) is 3. The van der Waals surface area contributed by atoms with Crippen molar-refractivity contribution < 1.29 is 19.1 Å². The number of likely N-dealkylation sites (tertiary alicyclic amines) is 1. The molecule has 0 saturated carbocycles. The SMILES string of the molecule is CSc1ccccc1CN1CCN(C(=O)[C@H](NC(=O)OCc2ccccc2)C2CCN(CCc3cc(Cl)ccc3-c3cc(OCc4ccccc4)ccc3Cl)CC2)CC1. The average Bonchev–Trinajstić information content (AvgIpc) is 3.28. The Hall–Kier alpha value is -4.51. The Morgan fingerprint density at radius 3 is 2.12 bits per heavy atom. The predicted octanol–water partition coefficient (Wildman–Crippen LogP) is 9.86. The average molecular weight is 852 g/mol. The molecule has 0 aromatic heterocycles. The van der Waals surface area contributed by atoms with Crippen LogP contribution in [0.5, 0.6) is 5.75 Å². The quantitative estimate of drug-likeness (QED) is 0.105. The minimum absolute atomic E-state index is 0.0197. The van der Waals surface area contributed by atoms with Crippen molar-refractivity contribution in [1.82, 2.24) is 20.0 Å². The third-order valence-electron chi connectivity index (χ3n) is 11.4. The lowest BCUT2D eigenvalue weighted by Crippen LogP contribution is -2.58. The van der Waals surface area contributed by atoms with Gasteiger partial charge in [-0.1, -0.05) is 108 Å². The maximum Gasteiger partial charge on any atom is 0.408 e. The molecule has 7 rings (SSSR count). The van der Waals surface area contributed by atoms with Crippen molar-refractivity contribution in [2.75, 3.05) is 52.1 Å². The number of alkyl carbamates (subject to hydrolysis) is 1. The molecule has 0 aliphatic carbocycles. The van der Waals surface area contributed by atoms with Gasteiger partial charge in [0.05, 0.1) is 0 Å². The molecule has 2 aliphatic heterocycles. The molecule has 1 N–H and O–H groups in total. The number of hydrogen-bond donors (Lipinski definition) is 1. The fourth-order valence-electron chi connectivity index (χ4n) is 8.03. The number of nitrogens with one attached hydrogen (secondary N) is 1. The maximum absolute atomic E-state index is 14.3. The second-order valence-corrected chi connectivity index (χ2v) is 16.9. The van der Waals surface area contributed by atoms with Gasteiger partial charge in [-0.25, -0.2) is 4.79 Å². The van der Waals surface area contributed by atoms with E-state index in [1.165, 1.54) is 10.5 Å². The Balaban J connectivity index is 0.979. The van der Waals surface area contributed by atoms with Crippen molar-refractivity contribution in [3.63, 3.8) is 0 Å². The highest BCUT2D eigenvalue weighted by Gasteiger charge is 2.36. The first kappa shape index (κ1) is 42.6. The fraction of sp³-hybridized carbons (Fsp3) is 0.333. The van der Waals surface area contributed by atoms with Crippen LogP contribution in [0.1, 0.15) is 35.1 Å². The zero-order valence-corrected chi connectivity index (χ0v) is 35.9. The lowest BCUT2D eigenvalue weighted by Gasteiger charge is -2.40. The number of benzene rings is 5. The van der Waals surface area contributed by atoms with Gasteiger partial charge in [0, 0.05) is 59.8 Å². The van der Waals surface area contributed by atoms with E-state index in [0.29, 0.717) is 29.7 Å². The summed E-state index contributed by atoms with van der Waals surface area (Å²) in [5.74, 6) is 0.699. The standard InChI is InChI=1S/C48H52Cl2N4O4S/c1-59-45-15-9-8-14-39(45)32-53-26-28-54(29-27-53)47(55)46(51-48(56)58-34-36-12-6-3-7-13-36)37-20-23-52(24-21-37)25-22-38-30-40(49)16-18-42(38)43-31-41(17-19-44(43)50)57-33-35-10-4-2-5-11-35/h2-19,30-31,37,46H,20-29,32-34H2,1H3,(H,51,56)/t46-/m1/s1. The van der Waals surface area contributed by atoms with Crippen molar-refractivity contribution in [1.29, 1.82) is 0 Å². The Kier molecular flexibility index (Phi) is 15.3. The summed E-state index contributed by atoms with van der Waals surface area (Å²) in [4.78, 5) is 35.6. The lowest BCUT2D eigenvalue weighted by molar-refractivity contribution is -0.137. The first-order valence-corrected chi connectivity index (χ1v) is 22.4. The van der Waals surface area contributed by atoms with Crippen LogP contribution in [0.4, 0.5) is 4.79 Å². The van der Waals surface area contributed by atoms with Crippen molar-refractivity contribution in [3.05, 3.63) is 154 Å². The summed E-state index contributed by atoms with van der Waals surface area (Å²) in [6.07, 6.45) is 3.85. The summed E-state index contributed by atoms with van der Waals surface area (Å²) >= 11 is 15.1. The van der Waals surface area contributed by atoms with Gasteiger partial charge in [0.25, 0.3) is 0 Å². The monoisotopic (exact) mass is 850 g/mol. The summed E-state index contributed by atoms with van der Waals surface area (Å²) in [6.45, 7) is 6.67.